The summed E-state index contributed by atoms with van der Waals surface area (Å²) in [6.45, 7) is 6.31. The molecule has 2 aliphatic heterocycles. The second-order valence-corrected chi connectivity index (χ2v) is 7.49. The van der Waals surface area contributed by atoms with Crippen LogP contribution in [0.3, 0.4) is 0 Å². The van der Waals surface area contributed by atoms with Crippen molar-refractivity contribution in [2.24, 2.45) is 5.92 Å². The lowest BCUT2D eigenvalue weighted by atomic mass is 9.99. The van der Waals surface area contributed by atoms with Gasteiger partial charge >= 0.3 is 5.69 Å². The molecule has 0 radical (unpaired) electrons. The van der Waals surface area contributed by atoms with Gasteiger partial charge in [0.05, 0.1) is 17.1 Å². The summed E-state index contributed by atoms with van der Waals surface area (Å²) in [6, 6.07) is 8.29. The summed E-state index contributed by atoms with van der Waals surface area (Å²) in [5.41, 5.74) is 2.00. The van der Waals surface area contributed by atoms with E-state index in [9.17, 15) is 4.79 Å². The maximum atomic E-state index is 12.3. The monoisotopic (exact) mass is 329 g/mol. The number of hydrogen-bond donors (Lipinski definition) is 1. The Hall–Kier alpha value is -1.59. The second kappa shape index (κ2) is 6.73. The Bertz CT molecular complexity index is 734. The molecular formula is C19H27N3O2. The van der Waals surface area contributed by atoms with Crippen molar-refractivity contribution in [1.82, 2.24) is 14.5 Å². The number of H-pyrrole nitrogens is 1. The summed E-state index contributed by atoms with van der Waals surface area (Å²) in [5, 5.41) is 0. The average molecular weight is 329 g/mol. The maximum absolute atomic E-state index is 12.3. The van der Waals surface area contributed by atoms with Crippen LogP contribution in [-0.4, -0.2) is 46.8 Å². The van der Waals surface area contributed by atoms with Crippen LogP contribution in [0.2, 0.25) is 0 Å². The number of aromatic amines is 1. The van der Waals surface area contributed by atoms with Gasteiger partial charge in [0, 0.05) is 32.3 Å². The molecule has 2 fully saturated rings. The minimum atomic E-state index is 0.0271. The number of benzene rings is 1. The summed E-state index contributed by atoms with van der Waals surface area (Å²) in [5.74, 6) is 0.709. The summed E-state index contributed by atoms with van der Waals surface area (Å²) in [6.07, 6.45) is 4.93. The molecule has 0 bridgehead atoms. The van der Waals surface area contributed by atoms with Crippen molar-refractivity contribution in [2.75, 3.05) is 26.2 Å². The van der Waals surface area contributed by atoms with Crippen molar-refractivity contribution in [1.29, 1.82) is 0 Å². The highest BCUT2D eigenvalue weighted by Gasteiger charge is 2.26. The van der Waals surface area contributed by atoms with E-state index in [0.717, 1.165) is 50.1 Å². The van der Waals surface area contributed by atoms with Crippen LogP contribution in [0, 0.1) is 5.92 Å². The highest BCUT2D eigenvalue weighted by molar-refractivity contribution is 5.75. The number of imidazole rings is 1. The zero-order valence-corrected chi connectivity index (χ0v) is 14.4. The minimum absolute atomic E-state index is 0.0271. The van der Waals surface area contributed by atoms with Crippen molar-refractivity contribution in [2.45, 2.75) is 44.8 Å². The molecule has 5 nitrogen and oxygen atoms in total. The SMILES string of the molecule is CC1CCC(CN2CCC(n3c(=O)[nH]c4ccccc43)CC2)OC1. The van der Waals surface area contributed by atoms with E-state index in [2.05, 4.69) is 16.8 Å². The van der Waals surface area contributed by atoms with Crippen LogP contribution < -0.4 is 5.69 Å². The third kappa shape index (κ3) is 3.15. The number of nitrogens with one attached hydrogen (secondary N) is 1. The number of rotatable bonds is 3. The molecule has 3 heterocycles. The van der Waals surface area contributed by atoms with Gasteiger partial charge in [-0.05, 0) is 43.7 Å². The van der Waals surface area contributed by atoms with E-state index in [4.69, 9.17) is 4.74 Å². The van der Waals surface area contributed by atoms with Crippen molar-refractivity contribution >= 4 is 11.0 Å². The second-order valence-electron chi connectivity index (χ2n) is 7.49. The molecule has 0 aliphatic carbocycles. The number of para-hydroxylation sites is 2. The molecule has 0 amide bonds. The first-order valence-corrected chi connectivity index (χ1v) is 9.24. The van der Waals surface area contributed by atoms with E-state index in [1.54, 1.807) is 0 Å². The quantitative estimate of drug-likeness (QED) is 0.942. The molecule has 2 unspecified atom stereocenters. The van der Waals surface area contributed by atoms with E-state index in [0.29, 0.717) is 18.1 Å². The topological polar surface area (TPSA) is 50.3 Å². The molecule has 0 saturated carbocycles. The van der Waals surface area contributed by atoms with E-state index >= 15 is 0 Å². The Morgan fingerprint density at radius 3 is 2.71 bits per heavy atom. The van der Waals surface area contributed by atoms with Gasteiger partial charge in [0.1, 0.15) is 0 Å². The summed E-state index contributed by atoms with van der Waals surface area (Å²) >= 11 is 0. The highest BCUT2D eigenvalue weighted by atomic mass is 16.5. The lowest BCUT2D eigenvalue weighted by Gasteiger charge is -2.36. The molecule has 2 saturated heterocycles. The first-order valence-electron chi connectivity index (χ1n) is 9.24. The van der Waals surface area contributed by atoms with E-state index < -0.39 is 0 Å². The molecule has 24 heavy (non-hydrogen) atoms. The fourth-order valence-corrected chi connectivity index (χ4v) is 4.17. The lowest BCUT2D eigenvalue weighted by Crippen LogP contribution is -2.42. The molecular weight excluding hydrogens is 302 g/mol. The number of nitrogens with zero attached hydrogens (tertiary/aromatic N) is 2. The third-order valence-corrected chi connectivity index (χ3v) is 5.61. The number of aromatic nitrogens is 2. The number of hydrogen-bond acceptors (Lipinski definition) is 3. The number of fused-ring (bicyclic) bond motifs is 1. The van der Waals surface area contributed by atoms with Crippen molar-refractivity contribution < 1.29 is 4.74 Å². The average Bonchev–Trinajstić information content (AvgIpc) is 2.93. The summed E-state index contributed by atoms with van der Waals surface area (Å²) < 4.78 is 7.93. The summed E-state index contributed by atoms with van der Waals surface area (Å²) in [4.78, 5) is 17.8. The van der Waals surface area contributed by atoms with E-state index in [-0.39, 0.29) is 5.69 Å². The summed E-state index contributed by atoms with van der Waals surface area (Å²) in [7, 11) is 0. The largest absolute Gasteiger partial charge is 0.377 e. The van der Waals surface area contributed by atoms with Gasteiger partial charge < -0.3 is 14.6 Å². The van der Waals surface area contributed by atoms with Crippen molar-refractivity contribution in [3.8, 4) is 0 Å². The van der Waals surface area contributed by atoms with Crippen LogP contribution in [0.25, 0.3) is 11.0 Å². The van der Waals surface area contributed by atoms with Gasteiger partial charge in [-0.2, -0.15) is 0 Å². The molecule has 1 aromatic heterocycles. The van der Waals surface area contributed by atoms with Gasteiger partial charge in [0.15, 0.2) is 0 Å². The fraction of sp³-hybridized carbons (Fsp3) is 0.632. The molecule has 1 N–H and O–H groups in total. The van der Waals surface area contributed by atoms with Crippen LogP contribution in [0.4, 0.5) is 0 Å². The Kier molecular flexibility index (Phi) is 4.46. The van der Waals surface area contributed by atoms with Crippen LogP contribution >= 0.6 is 0 Å². The molecule has 4 rings (SSSR count). The molecule has 2 aliphatic rings. The predicted octanol–water partition coefficient (Wildman–Crippen LogP) is 2.78. The molecule has 0 spiro atoms. The predicted molar refractivity (Wildman–Crippen MR) is 95.4 cm³/mol. The Morgan fingerprint density at radius 2 is 1.96 bits per heavy atom. The molecule has 130 valence electrons. The molecule has 2 atom stereocenters. The first kappa shape index (κ1) is 15.9. The highest BCUT2D eigenvalue weighted by Crippen LogP contribution is 2.26. The smallest absolute Gasteiger partial charge is 0.326 e. The van der Waals surface area contributed by atoms with Crippen molar-refractivity contribution in [3.05, 3.63) is 34.7 Å². The zero-order valence-electron chi connectivity index (χ0n) is 14.4. The third-order valence-electron chi connectivity index (χ3n) is 5.61. The lowest BCUT2D eigenvalue weighted by molar-refractivity contribution is -0.0322. The maximum Gasteiger partial charge on any atom is 0.326 e. The van der Waals surface area contributed by atoms with E-state index in [1.165, 1.54) is 12.8 Å². The molecule has 2 aromatic rings. The van der Waals surface area contributed by atoms with Gasteiger partial charge in [-0.3, -0.25) is 4.57 Å². The van der Waals surface area contributed by atoms with Crippen LogP contribution in [-0.2, 0) is 4.74 Å². The normalized spacial score (nSPS) is 26.9. The van der Waals surface area contributed by atoms with Gasteiger partial charge in [-0.25, -0.2) is 4.79 Å². The van der Waals surface area contributed by atoms with Crippen LogP contribution in [0.5, 0.6) is 0 Å². The number of ether oxygens (including phenoxy) is 1. The van der Waals surface area contributed by atoms with Crippen LogP contribution in [0.1, 0.15) is 38.6 Å². The van der Waals surface area contributed by atoms with Gasteiger partial charge in [0.2, 0.25) is 0 Å². The van der Waals surface area contributed by atoms with Crippen molar-refractivity contribution in [3.63, 3.8) is 0 Å². The number of piperidine rings is 1. The number of likely N-dealkylation sites (tertiary alicyclic amines) is 1. The fourth-order valence-electron chi connectivity index (χ4n) is 4.17. The Balaban J connectivity index is 1.39. The Labute approximate surface area is 142 Å². The molecule has 1 aromatic carbocycles. The van der Waals surface area contributed by atoms with Gasteiger partial charge in [-0.15, -0.1) is 0 Å². The first-order chi connectivity index (χ1) is 11.7. The standard InChI is InChI=1S/C19H27N3O2/c1-14-6-7-16(24-13-14)12-21-10-8-15(9-11-21)22-18-5-3-2-4-17(18)20-19(22)23/h2-5,14-16H,6-13H2,1H3,(H,20,23). The zero-order chi connectivity index (χ0) is 16.5. The van der Waals surface area contributed by atoms with Gasteiger partial charge in [0.25, 0.3) is 0 Å². The minimum Gasteiger partial charge on any atom is -0.377 e. The van der Waals surface area contributed by atoms with Crippen LogP contribution in [0.15, 0.2) is 29.1 Å². The van der Waals surface area contributed by atoms with E-state index in [1.807, 2.05) is 28.8 Å². The van der Waals surface area contributed by atoms with Gasteiger partial charge in [-0.1, -0.05) is 19.1 Å². The molecule has 5 heteroatoms. The Morgan fingerprint density at radius 1 is 1.17 bits per heavy atom.